The first kappa shape index (κ1) is 23.8. The fraction of sp³-hybridized carbons (Fsp3) is 0.400. The molecule has 0 aliphatic heterocycles. The fourth-order valence-corrected chi connectivity index (χ4v) is 5.53. The molecule has 2 atom stereocenters. The third kappa shape index (κ3) is 5.44. The highest BCUT2D eigenvalue weighted by Crippen LogP contribution is 2.35. The normalized spacial score (nSPS) is 18.3. The number of nitrogens with zero attached hydrogens (tertiary/aromatic N) is 3. The molecule has 1 heterocycles. The maximum atomic E-state index is 12.7. The number of aromatic nitrogens is 3. The van der Waals surface area contributed by atoms with E-state index in [0.717, 1.165) is 27.7 Å². The molecule has 1 aliphatic rings. The summed E-state index contributed by atoms with van der Waals surface area (Å²) in [7, 11) is 0. The van der Waals surface area contributed by atoms with Crippen LogP contribution >= 0.6 is 27.7 Å². The summed E-state index contributed by atoms with van der Waals surface area (Å²) in [5.74, 6) is 1.44. The maximum absolute atomic E-state index is 12.7. The van der Waals surface area contributed by atoms with Gasteiger partial charge in [-0.15, -0.1) is 10.2 Å². The molecule has 1 aromatic heterocycles. The largest absolute Gasteiger partial charge is 0.507 e. The monoisotopic (exact) mass is 528 g/mol. The van der Waals surface area contributed by atoms with Crippen LogP contribution in [-0.4, -0.2) is 37.6 Å². The van der Waals surface area contributed by atoms with E-state index in [-0.39, 0.29) is 23.5 Å². The number of aromatic hydroxyl groups is 1. The van der Waals surface area contributed by atoms with E-state index < -0.39 is 0 Å². The number of carbonyl (C=O) groups is 1. The van der Waals surface area contributed by atoms with Crippen LogP contribution in [0, 0.1) is 19.8 Å². The lowest BCUT2D eigenvalue weighted by Gasteiger charge is -2.29. The lowest BCUT2D eigenvalue weighted by Crippen LogP contribution is -2.41. The second-order valence-corrected chi connectivity index (χ2v) is 10.7. The molecule has 3 aromatic rings. The van der Waals surface area contributed by atoms with Crippen LogP contribution in [0.2, 0.25) is 0 Å². The first-order chi connectivity index (χ1) is 15.8. The number of thioether (sulfide) groups is 1. The van der Waals surface area contributed by atoms with Gasteiger partial charge in [-0.05, 0) is 62.4 Å². The van der Waals surface area contributed by atoms with Crippen LogP contribution in [-0.2, 0) is 4.79 Å². The van der Waals surface area contributed by atoms with Crippen LogP contribution in [0.3, 0.4) is 0 Å². The van der Waals surface area contributed by atoms with Gasteiger partial charge in [0.05, 0.1) is 17.0 Å². The number of hydrogen-bond acceptors (Lipinski definition) is 5. The molecule has 0 spiro atoms. The zero-order valence-electron chi connectivity index (χ0n) is 19.1. The molecule has 4 rings (SSSR count). The molecule has 0 radical (unpaired) electrons. The van der Waals surface area contributed by atoms with Gasteiger partial charge in [-0.25, -0.2) is 0 Å². The van der Waals surface area contributed by atoms with Crippen LogP contribution in [0.25, 0.3) is 17.1 Å². The van der Waals surface area contributed by atoms with Crippen LogP contribution in [0.1, 0.15) is 43.7 Å². The minimum Gasteiger partial charge on any atom is -0.507 e. The fourth-order valence-electron chi connectivity index (χ4n) is 4.41. The summed E-state index contributed by atoms with van der Waals surface area (Å²) in [5, 5.41) is 23.2. The summed E-state index contributed by atoms with van der Waals surface area (Å²) in [4.78, 5) is 12.7. The van der Waals surface area contributed by atoms with Crippen LogP contribution in [0.4, 0.5) is 0 Å². The van der Waals surface area contributed by atoms with Crippen molar-refractivity contribution in [3.63, 3.8) is 0 Å². The van der Waals surface area contributed by atoms with Crippen molar-refractivity contribution in [2.45, 2.75) is 57.7 Å². The number of nitrogens with one attached hydrogen (secondary N) is 1. The van der Waals surface area contributed by atoms with Crippen molar-refractivity contribution in [1.82, 2.24) is 20.1 Å². The van der Waals surface area contributed by atoms with E-state index in [1.807, 2.05) is 29.7 Å². The second-order valence-electron chi connectivity index (χ2n) is 8.82. The Morgan fingerprint density at radius 2 is 1.97 bits per heavy atom. The summed E-state index contributed by atoms with van der Waals surface area (Å²) in [6, 6.07) is 11.7. The van der Waals surface area contributed by atoms with E-state index in [0.29, 0.717) is 22.5 Å². The Bertz CT molecular complexity index is 1160. The summed E-state index contributed by atoms with van der Waals surface area (Å²) in [6.07, 6.45) is 4.62. The number of rotatable bonds is 6. The first-order valence-corrected chi connectivity index (χ1v) is 13.1. The number of phenolic OH excluding ortho intramolecular Hbond substituents is 1. The molecule has 1 aliphatic carbocycles. The Kier molecular flexibility index (Phi) is 7.44. The van der Waals surface area contributed by atoms with E-state index in [2.05, 4.69) is 51.4 Å². The molecule has 6 nitrogen and oxygen atoms in total. The molecule has 0 unspecified atom stereocenters. The van der Waals surface area contributed by atoms with Crippen LogP contribution in [0.5, 0.6) is 5.75 Å². The summed E-state index contributed by atoms with van der Waals surface area (Å²) in [6.45, 7) is 6.31. The second kappa shape index (κ2) is 10.3. The van der Waals surface area contributed by atoms with Gasteiger partial charge in [-0.2, -0.15) is 0 Å². The molecule has 2 aromatic carbocycles. The van der Waals surface area contributed by atoms with Gasteiger partial charge in [0.25, 0.3) is 0 Å². The molecule has 1 amide bonds. The lowest BCUT2D eigenvalue weighted by atomic mass is 9.86. The van der Waals surface area contributed by atoms with Gasteiger partial charge in [0.15, 0.2) is 11.0 Å². The van der Waals surface area contributed by atoms with Gasteiger partial charge in [0.2, 0.25) is 5.91 Å². The van der Waals surface area contributed by atoms with Crippen molar-refractivity contribution < 1.29 is 9.90 Å². The van der Waals surface area contributed by atoms with Gasteiger partial charge in [-0.1, -0.05) is 65.2 Å². The average molecular weight is 530 g/mol. The minimum absolute atomic E-state index is 0.0146. The van der Waals surface area contributed by atoms with Crippen molar-refractivity contribution in [3.8, 4) is 22.8 Å². The first-order valence-electron chi connectivity index (χ1n) is 11.3. The summed E-state index contributed by atoms with van der Waals surface area (Å²) < 4.78 is 2.76. The third-order valence-electron chi connectivity index (χ3n) is 6.22. The quantitative estimate of drug-likeness (QED) is 0.394. The summed E-state index contributed by atoms with van der Waals surface area (Å²) >= 11 is 4.84. The number of amides is 1. The highest BCUT2D eigenvalue weighted by atomic mass is 79.9. The van der Waals surface area contributed by atoms with E-state index in [1.54, 1.807) is 12.1 Å². The van der Waals surface area contributed by atoms with Crippen LogP contribution < -0.4 is 5.32 Å². The summed E-state index contributed by atoms with van der Waals surface area (Å²) in [5.41, 5.74) is 3.71. The lowest BCUT2D eigenvalue weighted by molar-refractivity contribution is -0.119. The van der Waals surface area contributed by atoms with Gasteiger partial charge in [0.1, 0.15) is 5.75 Å². The van der Waals surface area contributed by atoms with Crippen LogP contribution in [0.15, 0.2) is 46.0 Å². The SMILES string of the molecule is Cc1ccc(-n2c(SCC(=O)N[C@H]3CCCC[C@H]3C)nnc2-c2cc(Br)ccc2O)c(C)c1. The number of benzene rings is 2. The molecule has 0 bridgehead atoms. The molecule has 0 saturated heterocycles. The maximum Gasteiger partial charge on any atom is 0.230 e. The van der Waals surface area contributed by atoms with E-state index in [1.165, 1.54) is 31.0 Å². The third-order valence-corrected chi connectivity index (χ3v) is 7.64. The van der Waals surface area contributed by atoms with Gasteiger partial charge in [0, 0.05) is 10.5 Å². The Balaban J connectivity index is 1.64. The standard InChI is InChI=1S/C25H29BrN4O2S/c1-15-8-10-21(17(3)12-15)30-24(19-13-18(26)9-11-22(19)31)28-29-25(30)33-14-23(32)27-20-7-5-4-6-16(20)2/h8-13,16,20,31H,4-7,14H2,1-3H3,(H,27,32)/t16-,20+/m1/s1. The van der Waals surface area contributed by atoms with Crippen molar-refractivity contribution in [1.29, 1.82) is 0 Å². The number of phenols is 1. The zero-order valence-corrected chi connectivity index (χ0v) is 21.5. The zero-order chi connectivity index (χ0) is 23.5. The van der Waals surface area contributed by atoms with E-state index in [9.17, 15) is 9.90 Å². The topological polar surface area (TPSA) is 80.0 Å². The molecule has 8 heteroatoms. The van der Waals surface area contributed by atoms with Gasteiger partial charge < -0.3 is 10.4 Å². The Hall–Kier alpha value is -2.32. The molecule has 1 saturated carbocycles. The number of hydrogen-bond donors (Lipinski definition) is 2. The highest BCUT2D eigenvalue weighted by molar-refractivity contribution is 9.10. The molecular formula is C25H29BrN4O2S. The Morgan fingerprint density at radius 3 is 2.73 bits per heavy atom. The van der Waals surface area contributed by atoms with Gasteiger partial charge >= 0.3 is 0 Å². The van der Waals surface area contributed by atoms with Gasteiger partial charge in [-0.3, -0.25) is 9.36 Å². The van der Waals surface area contributed by atoms with Crippen molar-refractivity contribution >= 4 is 33.6 Å². The minimum atomic E-state index is 0.0146. The number of aryl methyl sites for hydroxylation is 2. The predicted octanol–water partition coefficient (Wildman–Crippen LogP) is 5.81. The smallest absolute Gasteiger partial charge is 0.230 e. The Labute approximate surface area is 207 Å². The van der Waals surface area contributed by atoms with Crippen molar-refractivity contribution in [2.24, 2.45) is 5.92 Å². The van der Waals surface area contributed by atoms with E-state index in [4.69, 9.17) is 0 Å². The Morgan fingerprint density at radius 1 is 1.18 bits per heavy atom. The highest BCUT2D eigenvalue weighted by Gasteiger charge is 2.24. The molecule has 2 N–H and O–H groups in total. The number of halogens is 1. The molecular weight excluding hydrogens is 500 g/mol. The van der Waals surface area contributed by atoms with E-state index >= 15 is 0 Å². The number of carbonyl (C=O) groups excluding carboxylic acids is 1. The molecule has 1 fully saturated rings. The van der Waals surface area contributed by atoms with Crippen molar-refractivity contribution in [2.75, 3.05) is 5.75 Å². The molecule has 174 valence electrons. The average Bonchev–Trinajstić information content (AvgIpc) is 3.19. The predicted molar refractivity (Wildman–Crippen MR) is 136 cm³/mol. The van der Waals surface area contributed by atoms with Crippen molar-refractivity contribution in [3.05, 3.63) is 52.0 Å². The molecule has 33 heavy (non-hydrogen) atoms.